The van der Waals surface area contributed by atoms with Gasteiger partial charge in [0.05, 0.1) is 0 Å². The van der Waals surface area contributed by atoms with E-state index in [4.69, 9.17) is 0 Å². The lowest BCUT2D eigenvalue weighted by atomic mass is 10.1. The second-order valence-corrected chi connectivity index (χ2v) is 5.75. The third kappa shape index (κ3) is 5.84. The number of nitrogens with zero attached hydrogens (tertiary/aromatic N) is 2. The van der Waals surface area contributed by atoms with Gasteiger partial charge < -0.3 is 10.4 Å². The van der Waals surface area contributed by atoms with Crippen LogP contribution in [0.3, 0.4) is 0 Å². The molecule has 0 fully saturated rings. The summed E-state index contributed by atoms with van der Waals surface area (Å²) in [7, 11) is 0. The Morgan fingerprint density at radius 1 is 0.957 bits per heavy atom. The van der Waals surface area contributed by atoms with E-state index in [0.29, 0.717) is 18.8 Å². The lowest BCUT2D eigenvalue weighted by Gasteiger charge is -2.23. The Kier molecular flexibility index (Phi) is 8.06. The van der Waals surface area contributed by atoms with Crippen LogP contribution < -0.4 is 5.32 Å². The Morgan fingerprint density at radius 3 is 1.65 bits per heavy atom. The molecule has 0 saturated heterocycles. The van der Waals surface area contributed by atoms with Gasteiger partial charge in [0.2, 0.25) is 5.91 Å². The first-order valence-electron chi connectivity index (χ1n) is 8.52. The van der Waals surface area contributed by atoms with Crippen molar-refractivity contribution in [1.29, 1.82) is 0 Å². The lowest BCUT2D eigenvalue weighted by molar-refractivity contribution is -0.114. The number of nitrogens with one attached hydrogen (secondary N) is 1. The highest BCUT2D eigenvalue weighted by molar-refractivity contribution is 5.89. The van der Waals surface area contributed by atoms with Gasteiger partial charge in [-0.05, 0) is 38.3 Å². The van der Waals surface area contributed by atoms with Gasteiger partial charge >= 0.3 is 0 Å². The number of phenolic OH excluding ortho intramolecular Hbond substituents is 1. The smallest absolute Gasteiger partial charge is 0.221 e. The third-order valence-corrected chi connectivity index (χ3v) is 4.16. The van der Waals surface area contributed by atoms with Crippen molar-refractivity contribution in [2.75, 3.05) is 31.5 Å². The molecule has 23 heavy (non-hydrogen) atoms. The van der Waals surface area contributed by atoms with Crippen LogP contribution in [0.5, 0.6) is 5.75 Å². The van der Waals surface area contributed by atoms with Crippen molar-refractivity contribution in [3.8, 4) is 5.75 Å². The zero-order valence-corrected chi connectivity index (χ0v) is 15.1. The van der Waals surface area contributed by atoms with E-state index < -0.39 is 0 Å². The predicted octanol–water partition coefficient (Wildman–Crippen LogP) is 3.03. The standard InChI is InChI=1S/C18H31N3O2/c1-6-20(7-2)12-15-10-17(19-14(5)22)11-16(18(15)23)13-21(8-3)9-4/h10-11,23H,6-9,12-13H2,1-5H3,(H,19,22). The van der Waals surface area contributed by atoms with E-state index in [1.807, 2.05) is 12.1 Å². The van der Waals surface area contributed by atoms with E-state index in [1.54, 1.807) is 0 Å². The van der Waals surface area contributed by atoms with E-state index in [0.717, 1.165) is 43.0 Å². The third-order valence-electron chi connectivity index (χ3n) is 4.16. The maximum absolute atomic E-state index is 11.4. The number of carbonyl (C=O) groups is 1. The molecule has 0 atom stereocenters. The zero-order valence-electron chi connectivity index (χ0n) is 15.1. The largest absolute Gasteiger partial charge is 0.507 e. The van der Waals surface area contributed by atoms with Crippen molar-refractivity contribution >= 4 is 11.6 Å². The average Bonchev–Trinajstić information content (AvgIpc) is 2.53. The van der Waals surface area contributed by atoms with Crippen LogP contribution in [-0.2, 0) is 17.9 Å². The highest BCUT2D eigenvalue weighted by atomic mass is 16.3. The molecule has 5 heteroatoms. The van der Waals surface area contributed by atoms with Crippen molar-refractivity contribution in [3.05, 3.63) is 23.3 Å². The number of carbonyl (C=O) groups excluding carboxylic acids is 1. The molecule has 1 aromatic rings. The average molecular weight is 321 g/mol. The van der Waals surface area contributed by atoms with E-state index in [1.165, 1.54) is 6.92 Å². The first-order chi connectivity index (χ1) is 10.9. The molecule has 0 bridgehead atoms. The van der Waals surface area contributed by atoms with Crippen LogP contribution in [-0.4, -0.2) is 47.0 Å². The molecule has 0 unspecified atom stereocenters. The molecule has 0 spiro atoms. The Labute approximate surface area is 140 Å². The maximum Gasteiger partial charge on any atom is 0.221 e. The van der Waals surface area contributed by atoms with Crippen LogP contribution in [0.15, 0.2) is 12.1 Å². The molecule has 0 aliphatic carbocycles. The fourth-order valence-corrected chi connectivity index (χ4v) is 2.65. The molecule has 0 aliphatic heterocycles. The van der Waals surface area contributed by atoms with Gasteiger partial charge in [0.15, 0.2) is 0 Å². The Bertz CT molecular complexity index is 474. The minimum absolute atomic E-state index is 0.0988. The number of hydrogen-bond acceptors (Lipinski definition) is 4. The molecule has 1 rings (SSSR count). The molecule has 5 nitrogen and oxygen atoms in total. The highest BCUT2D eigenvalue weighted by Crippen LogP contribution is 2.29. The van der Waals surface area contributed by atoms with Crippen LogP contribution in [0.1, 0.15) is 45.7 Å². The summed E-state index contributed by atoms with van der Waals surface area (Å²) >= 11 is 0. The minimum atomic E-state index is -0.0988. The molecule has 2 N–H and O–H groups in total. The quantitative estimate of drug-likeness (QED) is 0.687. The normalized spacial score (nSPS) is 11.3. The van der Waals surface area contributed by atoms with Crippen LogP contribution in [0.2, 0.25) is 0 Å². The second kappa shape index (κ2) is 9.53. The minimum Gasteiger partial charge on any atom is -0.507 e. The summed E-state index contributed by atoms with van der Waals surface area (Å²) in [6.45, 7) is 15.0. The van der Waals surface area contributed by atoms with Gasteiger partial charge in [0.1, 0.15) is 5.75 Å². The molecule has 0 saturated carbocycles. The number of hydrogen-bond donors (Lipinski definition) is 2. The van der Waals surface area contributed by atoms with E-state index >= 15 is 0 Å². The Balaban J connectivity index is 3.18. The summed E-state index contributed by atoms with van der Waals surface area (Å²) in [6.07, 6.45) is 0. The van der Waals surface area contributed by atoms with Gasteiger partial charge in [-0.3, -0.25) is 14.6 Å². The van der Waals surface area contributed by atoms with Crippen molar-refractivity contribution in [1.82, 2.24) is 9.80 Å². The van der Waals surface area contributed by atoms with Crippen molar-refractivity contribution in [2.45, 2.75) is 47.7 Å². The molecule has 1 aromatic carbocycles. The Morgan fingerprint density at radius 2 is 1.35 bits per heavy atom. The molecule has 0 aliphatic rings. The monoisotopic (exact) mass is 321 g/mol. The van der Waals surface area contributed by atoms with Crippen molar-refractivity contribution in [3.63, 3.8) is 0 Å². The number of benzene rings is 1. The lowest BCUT2D eigenvalue weighted by Crippen LogP contribution is -2.24. The number of aromatic hydroxyl groups is 1. The molecule has 0 aromatic heterocycles. The summed E-state index contributed by atoms with van der Waals surface area (Å²) in [4.78, 5) is 15.9. The number of rotatable bonds is 9. The van der Waals surface area contributed by atoms with Gasteiger partial charge in [-0.2, -0.15) is 0 Å². The fourth-order valence-electron chi connectivity index (χ4n) is 2.65. The summed E-state index contributed by atoms with van der Waals surface area (Å²) in [5, 5.41) is 13.5. The topological polar surface area (TPSA) is 55.8 Å². The first kappa shape index (κ1) is 19.5. The molecule has 130 valence electrons. The Hall–Kier alpha value is -1.59. The number of phenols is 1. The van der Waals surface area contributed by atoms with Crippen LogP contribution >= 0.6 is 0 Å². The summed E-state index contributed by atoms with van der Waals surface area (Å²) in [6, 6.07) is 3.75. The first-order valence-corrected chi connectivity index (χ1v) is 8.52. The molecule has 1 amide bonds. The van der Waals surface area contributed by atoms with Gasteiger partial charge in [-0.1, -0.05) is 27.7 Å². The van der Waals surface area contributed by atoms with Gasteiger partial charge in [0, 0.05) is 36.8 Å². The highest BCUT2D eigenvalue weighted by Gasteiger charge is 2.14. The maximum atomic E-state index is 11.4. The van der Waals surface area contributed by atoms with Crippen molar-refractivity contribution in [2.24, 2.45) is 0 Å². The molecular weight excluding hydrogens is 290 g/mol. The molecule has 0 heterocycles. The number of amides is 1. The summed E-state index contributed by atoms with van der Waals surface area (Å²) in [5.74, 6) is 0.246. The summed E-state index contributed by atoms with van der Waals surface area (Å²) < 4.78 is 0. The van der Waals surface area contributed by atoms with Crippen LogP contribution in [0.25, 0.3) is 0 Å². The predicted molar refractivity (Wildman–Crippen MR) is 95.7 cm³/mol. The van der Waals surface area contributed by atoms with E-state index in [2.05, 4.69) is 42.8 Å². The molecular formula is C18H31N3O2. The fraction of sp³-hybridized carbons (Fsp3) is 0.611. The zero-order chi connectivity index (χ0) is 17.4. The van der Waals surface area contributed by atoms with Gasteiger partial charge in [-0.15, -0.1) is 0 Å². The van der Waals surface area contributed by atoms with Crippen LogP contribution in [0, 0.1) is 0 Å². The van der Waals surface area contributed by atoms with Gasteiger partial charge in [-0.25, -0.2) is 0 Å². The van der Waals surface area contributed by atoms with E-state index in [-0.39, 0.29) is 5.91 Å². The summed E-state index contributed by atoms with van der Waals surface area (Å²) in [5.41, 5.74) is 2.48. The van der Waals surface area contributed by atoms with Crippen LogP contribution in [0.4, 0.5) is 5.69 Å². The van der Waals surface area contributed by atoms with Gasteiger partial charge in [0.25, 0.3) is 0 Å². The number of anilines is 1. The van der Waals surface area contributed by atoms with Crippen molar-refractivity contribution < 1.29 is 9.90 Å². The van der Waals surface area contributed by atoms with E-state index in [9.17, 15) is 9.90 Å². The molecule has 0 radical (unpaired) electrons. The SMILES string of the molecule is CCN(CC)Cc1cc(NC(C)=O)cc(CN(CC)CC)c1O. The second-order valence-electron chi connectivity index (χ2n) is 5.75.